The van der Waals surface area contributed by atoms with E-state index in [2.05, 4.69) is 0 Å². The van der Waals surface area contributed by atoms with Crippen LogP contribution in [-0.4, -0.2) is 53.9 Å². The Balaban J connectivity index is 1.40. The molecule has 1 N–H and O–H groups in total. The van der Waals surface area contributed by atoms with Gasteiger partial charge in [-0.2, -0.15) is 0 Å². The first kappa shape index (κ1) is 17.1. The predicted octanol–water partition coefficient (Wildman–Crippen LogP) is 1.47. The summed E-state index contributed by atoms with van der Waals surface area (Å²) >= 11 is 0. The number of benzene rings is 1. The molecular formula is C18H19NO6S. The minimum atomic E-state index is -3.49. The first-order chi connectivity index (χ1) is 12.3. The van der Waals surface area contributed by atoms with Gasteiger partial charge in [0.2, 0.25) is 5.91 Å². The minimum Gasteiger partial charge on any atom is -0.481 e. The Kier molecular flexibility index (Phi) is 3.83. The van der Waals surface area contributed by atoms with Crippen molar-refractivity contribution >= 4 is 32.7 Å². The largest absolute Gasteiger partial charge is 0.481 e. The van der Waals surface area contributed by atoms with Gasteiger partial charge < -0.3 is 14.4 Å². The number of aryl methyl sites for hydroxylation is 1. The molecule has 2 aromatic rings. The summed E-state index contributed by atoms with van der Waals surface area (Å²) < 4.78 is 29.0. The summed E-state index contributed by atoms with van der Waals surface area (Å²) in [6.45, 7) is -0.0451. The normalized spacial score (nSPS) is 23.2. The Morgan fingerprint density at radius 3 is 2.69 bits per heavy atom. The molecular weight excluding hydrogens is 358 g/mol. The molecule has 1 aromatic carbocycles. The molecule has 2 saturated heterocycles. The quantitative estimate of drug-likeness (QED) is 0.865. The van der Waals surface area contributed by atoms with E-state index in [0.29, 0.717) is 12.2 Å². The number of para-hydroxylation sites is 1. The lowest BCUT2D eigenvalue weighted by Crippen LogP contribution is -2.69. The molecule has 0 bridgehead atoms. The number of carboxylic acids is 1. The van der Waals surface area contributed by atoms with Crippen LogP contribution < -0.4 is 0 Å². The van der Waals surface area contributed by atoms with Gasteiger partial charge in [0.15, 0.2) is 9.84 Å². The number of aliphatic carboxylic acids is 1. The van der Waals surface area contributed by atoms with Crippen molar-refractivity contribution in [1.82, 2.24) is 4.90 Å². The number of hydrogen-bond donors (Lipinski definition) is 1. The van der Waals surface area contributed by atoms with E-state index >= 15 is 0 Å². The van der Waals surface area contributed by atoms with E-state index < -0.39 is 26.5 Å². The Labute approximate surface area is 150 Å². The standard InChI is InChI=1S/C18H19NO6S/c20-16(6-5-13-9-12-3-1-2-4-15(12)25-13)19-10-18(11-19)14(17(21)22)7-8-26(18,23)24/h1-4,9,14H,5-8,10-11H2,(H,21,22). The molecule has 0 radical (unpaired) electrons. The van der Waals surface area contributed by atoms with Gasteiger partial charge in [-0.3, -0.25) is 9.59 Å². The molecule has 1 unspecified atom stereocenters. The Morgan fingerprint density at radius 1 is 1.27 bits per heavy atom. The number of sulfone groups is 1. The molecule has 8 heteroatoms. The van der Waals surface area contributed by atoms with Crippen LogP contribution in [0.4, 0.5) is 0 Å². The Morgan fingerprint density at radius 2 is 2.00 bits per heavy atom. The fourth-order valence-electron chi connectivity index (χ4n) is 4.05. The first-order valence-corrected chi connectivity index (χ1v) is 10.2. The second-order valence-corrected chi connectivity index (χ2v) is 9.51. The van der Waals surface area contributed by atoms with Crippen molar-refractivity contribution in [2.24, 2.45) is 5.92 Å². The number of nitrogens with zero attached hydrogens (tertiary/aromatic N) is 1. The van der Waals surface area contributed by atoms with E-state index in [-0.39, 0.29) is 37.6 Å². The third-order valence-electron chi connectivity index (χ3n) is 5.56. The monoisotopic (exact) mass is 377 g/mol. The van der Waals surface area contributed by atoms with Gasteiger partial charge in [-0.15, -0.1) is 0 Å². The first-order valence-electron chi connectivity index (χ1n) is 8.53. The summed E-state index contributed by atoms with van der Waals surface area (Å²) in [4.78, 5) is 25.2. The highest BCUT2D eigenvalue weighted by Crippen LogP contribution is 2.45. The predicted molar refractivity (Wildman–Crippen MR) is 93.4 cm³/mol. The maximum absolute atomic E-state index is 12.4. The van der Waals surface area contributed by atoms with E-state index in [9.17, 15) is 23.1 Å². The molecule has 0 aliphatic carbocycles. The van der Waals surface area contributed by atoms with Gasteiger partial charge in [-0.25, -0.2) is 8.42 Å². The van der Waals surface area contributed by atoms with Gasteiger partial charge in [0.05, 0.1) is 11.7 Å². The van der Waals surface area contributed by atoms with Gasteiger partial charge >= 0.3 is 5.97 Å². The van der Waals surface area contributed by atoms with Gasteiger partial charge in [0.1, 0.15) is 16.1 Å². The maximum atomic E-state index is 12.4. The number of hydrogen-bond acceptors (Lipinski definition) is 5. The third-order valence-corrected chi connectivity index (χ3v) is 8.11. The average molecular weight is 377 g/mol. The minimum absolute atomic E-state index is 0.0226. The zero-order chi connectivity index (χ0) is 18.5. The van der Waals surface area contributed by atoms with Gasteiger partial charge in [0.25, 0.3) is 0 Å². The third kappa shape index (κ3) is 2.51. The highest BCUT2D eigenvalue weighted by molar-refractivity contribution is 7.93. The van der Waals surface area contributed by atoms with Crippen molar-refractivity contribution in [2.45, 2.75) is 24.0 Å². The van der Waals surface area contributed by atoms with Crippen molar-refractivity contribution in [3.8, 4) is 0 Å². The van der Waals surface area contributed by atoms with E-state index in [1.54, 1.807) is 0 Å². The number of carbonyl (C=O) groups excluding carboxylic acids is 1. The molecule has 2 aliphatic heterocycles. The number of likely N-dealkylation sites (tertiary alicyclic amines) is 1. The number of amides is 1. The van der Waals surface area contributed by atoms with E-state index in [1.807, 2.05) is 30.3 Å². The Hall–Kier alpha value is -2.35. The fraction of sp³-hybridized carbons (Fsp3) is 0.444. The summed E-state index contributed by atoms with van der Waals surface area (Å²) in [6.07, 6.45) is 0.749. The summed E-state index contributed by atoms with van der Waals surface area (Å²) in [6, 6.07) is 9.47. The Bertz CT molecular complexity index is 953. The van der Waals surface area contributed by atoms with Crippen LogP contribution in [0.25, 0.3) is 11.0 Å². The lowest BCUT2D eigenvalue weighted by molar-refractivity contribution is -0.149. The molecule has 3 heterocycles. The van der Waals surface area contributed by atoms with E-state index in [4.69, 9.17) is 4.42 Å². The molecule has 2 fully saturated rings. The molecule has 0 saturated carbocycles. The van der Waals surface area contributed by atoms with Crippen LogP contribution in [0.1, 0.15) is 18.6 Å². The molecule has 138 valence electrons. The molecule has 2 aliphatic rings. The second-order valence-electron chi connectivity index (χ2n) is 7.06. The molecule has 7 nitrogen and oxygen atoms in total. The van der Waals surface area contributed by atoms with Crippen LogP contribution in [0.15, 0.2) is 34.7 Å². The van der Waals surface area contributed by atoms with Gasteiger partial charge in [-0.1, -0.05) is 18.2 Å². The fourth-order valence-corrected chi connectivity index (χ4v) is 6.36. The molecule has 1 aromatic heterocycles. The summed E-state index contributed by atoms with van der Waals surface area (Å²) in [7, 11) is -3.49. The smallest absolute Gasteiger partial charge is 0.308 e. The molecule has 26 heavy (non-hydrogen) atoms. The lowest BCUT2D eigenvalue weighted by Gasteiger charge is -2.48. The summed E-state index contributed by atoms with van der Waals surface area (Å²) in [5.74, 6) is -1.62. The topological polar surface area (TPSA) is 105 Å². The molecule has 1 spiro atoms. The lowest BCUT2D eigenvalue weighted by atomic mass is 9.83. The second kappa shape index (κ2) is 5.84. The van der Waals surface area contributed by atoms with Crippen molar-refractivity contribution in [1.29, 1.82) is 0 Å². The number of furan rings is 1. The molecule has 4 rings (SSSR count). The SMILES string of the molecule is O=C(O)C1CCS(=O)(=O)C12CN(C(=O)CCc1cc3ccccc3o1)C2. The van der Waals surface area contributed by atoms with Crippen molar-refractivity contribution in [3.05, 3.63) is 36.1 Å². The zero-order valence-electron chi connectivity index (χ0n) is 14.1. The number of fused-ring (bicyclic) bond motifs is 1. The van der Waals surface area contributed by atoms with E-state index in [0.717, 1.165) is 11.0 Å². The maximum Gasteiger partial charge on any atom is 0.308 e. The van der Waals surface area contributed by atoms with Crippen molar-refractivity contribution in [2.75, 3.05) is 18.8 Å². The van der Waals surface area contributed by atoms with Crippen molar-refractivity contribution in [3.63, 3.8) is 0 Å². The van der Waals surface area contributed by atoms with Crippen LogP contribution in [0.3, 0.4) is 0 Å². The van der Waals surface area contributed by atoms with Gasteiger partial charge in [-0.05, 0) is 18.6 Å². The summed E-state index contributed by atoms with van der Waals surface area (Å²) in [5, 5.41) is 10.3. The van der Waals surface area contributed by atoms with Crippen LogP contribution >= 0.6 is 0 Å². The van der Waals surface area contributed by atoms with Crippen LogP contribution in [-0.2, 0) is 25.8 Å². The number of rotatable bonds is 4. The summed E-state index contributed by atoms with van der Waals surface area (Å²) in [5.41, 5.74) is 0.763. The highest BCUT2D eigenvalue weighted by atomic mass is 32.2. The zero-order valence-corrected chi connectivity index (χ0v) is 14.9. The van der Waals surface area contributed by atoms with Crippen LogP contribution in [0, 0.1) is 5.92 Å². The van der Waals surface area contributed by atoms with Crippen molar-refractivity contribution < 1.29 is 27.5 Å². The average Bonchev–Trinajstić information content (AvgIpc) is 3.08. The van der Waals surface area contributed by atoms with Gasteiger partial charge in [0, 0.05) is 31.3 Å². The van der Waals surface area contributed by atoms with Crippen LogP contribution in [0.2, 0.25) is 0 Å². The highest BCUT2D eigenvalue weighted by Gasteiger charge is 2.64. The number of carboxylic acid groups (broad SMARTS) is 1. The van der Waals surface area contributed by atoms with E-state index in [1.165, 1.54) is 4.90 Å². The van der Waals surface area contributed by atoms with Crippen LogP contribution in [0.5, 0.6) is 0 Å². The molecule has 1 atom stereocenters. The number of carbonyl (C=O) groups is 2. The molecule has 1 amide bonds.